The minimum absolute atomic E-state index is 0.0695. The van der Waals surface area contributed by atoms with Gasteiger partial charge in [-0.2, -0.15) is 0 Å². The molecule has 162 valence electrons. The lowest BCUT2D eigenvalue weighted by molar-refractivity contribution is 0.0940. The lowest BCUT2D eigenvalue weighted by Crippen LogP contribution is -2.29. The number of carbonyl (C=O) groups is 1. The Morgan fingerprint density at radius 1 is 1.10 bits per heavy atom. The predicted molar refractivity (Wildman–Crippen MR) is 116 cm³/mol. The zero-order valence-corrected chi connectivity index (χ0v) is 17.8. The number of nitrogens with zero attached hydrogens (tertiary/aromatic N) is 6. The van der Waals surface area contributed by atoms with E-state index in [9.17, 15) is 9.18 Å². The van der Waals surface area contributed by atoms with Gasteiger partial charge in [-0.05, 0) is 62.8 Å². The minimum Gasteiger partial charge on any atom is -0.355 e. The molecule has 3 aromatic rings. The second-order valence-electron chi connectivity index (χ2n) is 7.72. The Bertz CT molecular complexity index is 1030. The number of rotatable bonds is 5. The minimum atomic E-state index is -0.372. The summed E-state index contributed by atoms with van der Waals surface area (Å²) in [6, 6.07) is 9.85. The van der Waals surface area contributed by atoms with Crippen molar-refractivity contribution in [3.63, 3.8) is 0 Å². The van der Waals surface area contributed by atoms with Crippen LogP contribution in [0.3, 0.4) is 0 Å². The Morgan fingerprint density at radius 2 is 1.90 bits per heavy atom. The summed E-state index contributed by atoms with van der Waals surface area (Å²) in [5.41, 5.74) is 1.55. The highest BCUT2D eigenvalue weighted by molar-refractivity contribution is 5.90. The van der Waals surface area contributed by atoms with Crippen molar-refractivity contribution >= 4 is 11.7 Å². The number of amides is 1. The van der Waals surface area contributed by atoms with E-state index in [4.69, 9.17) is 0 Å². The summed E-state index contributed by atoms with van der Waals surface area (Å²) in [5, 5.41) is 7.09. The van der Waals surface area contributed by atoms with Crippen LogP contribution >= 0.6 is 0 Å². The van der Waals surface area contributed by atoms with Crippen LogP contribution in [0.4, 0.5) is 10.2 Å². The smallest absolute Gasteiger partial charge is 0.291 e. The molecule has 31 heavy (non-hydrogen) atoms. The van der Waals surface area contributed by atoms with Crippen LogP contribution in [-0.4, -0.2) is 63.8 Å². The van der Waals surface area contributed by atoms with Gasteiger partial charge in [-0.1, -0.05) is 6.07 Å². The fourth-order valence-corrected chi connectivity index (χ4v) is 3.56. The molecule has 1 fully saturated rings. The van der Waals surface area contributed by atoms with E-state index in [0.717, 1.165) is 44.0 Å². The van der Waals surface area contributed by atoms with Crippen LogP contribution in [0.1, 0.15) is 28.4 Å². The van der Waals surface area contributed by atoms with Crippen LogP contribution < -0.4 is 10.2 Å². The van der Waals surface area contributed by atoms with Crippen molar-refractivity contribution in [2.24, 2.45) is 0 Å². The molecule has 0 atom stereocenters. The molecule has 8 nitrogen and oxygen atoms in total. The maximum Gasteiger partial charge on any atom is 0.291 e. The molecule has 3 heterocycles. The number of benzene rings is 1. The first-order valence-electron chi connectivity index (χ1n) is 10.4. The highest BCUT2D eigenvalue weighted by atomic mass is 19.1. The fraction of sp³-hybridized carbons (Fsp3) is 0.364. The fourth-order valence-electron chi connectivity index (χ4n) is 3.56. The van der Waals surface area contributed by atoms with E-state index in [-0.39, 0.29) is 17.5 Å². The van der Waals surface area contributed by atoms with E-state index in [1.807, 2.05) is 12.1 Å². The molecule has 9 heteroatoms. The van der Waals surface area contributed by atoms with Gasteiger partial charge < -0.3 is 15.1 Å². The number of aromatic nitrogens is 4. The standard InChI is InChI=1S/C22H26FN7O/c1-16-26-21(27-30(16)19-7-5-18(23)6-8-19)22(31)25-15-17-4-9-20(24-14-17)29-11-3-10-28(2)12-13-29/h4-9,14H,3,10-13,15H2,1-2H3,(H,25,31). The monoisotopic (exact) mass is 423 g/mol. The Balaban J connectivity index is 1.36. The molecule has 0 saturated carbocycles. The SMILES string of the molecule is Cc1nc(C(=O)NCc2ccc(N3CCCN(C)CC3)nc2)nn1-c1ccc(F)cc1. The Hall–Kier alpha value is -3.33. The van der Waals surface area contributed by atoms with Crippen molar-refractivity contribution in [1.82, 2.24) is 30.0 Å². The first-order valence-corrected chi connectivity index (χ1v) is 10.4. The molecule has 2 aromatic heterocycles. The molecule has 4 rings (SSSR count). The number of carbonyl (C=O) groups excluding carboxylic acids is 1. The van der Waals surface area contributed by atoms with Crippen LogP contribution in [0.25, 0.3) is 5.69 Å². The molecular formula is C22H26FN7O. The molecular weight excluding hydrogens is 397 g/mol. The maximum atomic E-state index is 13.1. The van der Waals surface area contributed by atoms with Gasteiger partial charge in [0.15, 0.2) is 0 Å². The molecule has 0 radical (unpaired) electrons. The summed E-state index contributed by atoms with van der Waals surface area (Å²) in [5.74, 6) is 0.873. The van der Waals surface area contributed by atoms with E-state index < -0.39 is 0 Å². The van der Waals surface area contributed by atoms with Crippen molar-refractivity contribution in [1.29, 1.82) is 0 Å². The maximum absolute atomic E-state index is 13.1. The van der Waals surface area contributed by atoms with Gasteiger partial charge >= 0.3 is 0 Å². The Labute approximate surface area is 180 Å². The van der Waals surface area contributed by atoms with Gasteiger partial charge in [0.2, 0.25) is 5.82 Å². The van der Waals surface area contributed by atoms with Gasteiger partial charge in [0, 0.05) is 32.4 Å². The number of hydrogen-bond acceptors (Lipinski definition) is 6. The van der Waals surface area contributed by atoms with Crippen molar-refractivity contribution in [2.75, 3.05) is 38.1 Å². The normalized spacial score (nSPS) is 15.0. The van der Waals surface area contributed by atoms with Crippen molar-refractivity contribution in [3.8, 4) is 5.69 Å². The number of nitrogens with one attached hydrogen (secondary N) is 1. The van der Waals surface area contributed by atoms with Crippen molar-refractivity contribution in [3.05, 3.63) is 65.6 Å². The average molecular weight is 423 g/mol. The highest BCUT2D eigenvalue weighted by Gasteiger charge is 2.16. The van der Waals surface area contributed by atoms with E-state index in [2.05, 4.69) is 37.2 Å². The number of pyridine rings is 1. The highest BCUT2D eigenvalue weighted by Crippen LogP contribution is 2.14. The third kappa shape index (κ3) is 5.05. The van der Waals surface area contributed by atoms with Gasteiger partial charge in [0.05, 0.1) is 5.69 Å². The van der Waals surface area contributed by atoms with Crippen LogP contribution in [0.5, 0.6) is 0 Å². The van der Waals surface area contributed by atoms with E-state index >= 15 is 0 Å². The summed E-state index contributed by atoms with van der Waals surface area (Å²) in [6.45, 7) is 6.16. The largest absolute Gasteiger partial charge is 0.355 e. The summed E-state index contributed by atoms with van der Waals surface area (Å²) >= 11 is 0. The van der Waals surface area contributed by atoms with Crippen LogP contribution in [-0.2, 0) is 6.54 Å². The Kier molecular flexibility index (Phi) is 6.22. The second kappa shape index (κ2) is 9.22. The Morgan fingerprint density at radius 3 is 2.65 bits per heavy atom. The summed E-state index contributed by atoms with van der Waals surface area (Å²) in [4.78, 5) is 25.9. The summed E-state index contributed by atoms with van der Waals surface area (Å²) < 4.78 is 14.7. The summed E-state index contributed by atoms with van der Waals surface area (Å²) in [7, 11) is 2.14. The first-order chi connectivity index (χ1) is 15.0. The van der Waals surface area contributed by atoms with Gasteiger partial charge in [-0.25, -0.2) is 19.0 Å². The third-order valence-corrected chi connectivity index (χ3v) is 5.35. The molecule has 0 aliphatic carbocycles. The van der Waals surface area contributed by atoms with Crippen LogP contribution in [0.15, 0.2) is 42.6 Å². The molecule has 1 aliphatic heterocycles. The lowest BCUT2D eigenvalue weighted by atomic mass is 10.2. The zero-order chi connectivity index (χ0) is 21.8. The molecule has 1 N–H and O–H groups in total. The average Bonchev–Trinajstić information content (AvgIpc) is 3.03. The van der Waals surface area contributed by atoms with Crippen LogP contribution in [0, 0.1) is 12.7 Å². The van der Waals surface area contributed by atoms with Crippen molar-refractivity contribution < 1.29 is 9.18 Å². The number of hydrogen-bond donors (Lipinski definition) is 1. The molecule has 1 amide bonds. The third-order valence-electron chi connectivity index (χ3n) is 5.35. The topological polar surface area (TPSA) is 79.2 Å². The zero-order valence-electron chi connectivity index (χ0n) is 17.8. The predicted octanol–water partition coefficient (Wildman–Crippen LogP) is 2.18. The first kappa shape index (κ1) is 20.9. The number of anilines is 1. The molecule has 1 aromatic carbocycles. The summed E-state index contributed by atoms with van der Waals surface area (Å²) in [6.07, 6.45) is 2.91. The van der Waals surface area contributed by atoms with Gasteiger partial charge in [0.25, 0.3) is 5.91 Å². The molecule has 1 saturated heterocycles. The quantitative estimate of drug-likeness (QED) is 0.678. The molecule has 0 bridgehead atoms. The van der Waals surface area contributed by atoms with Crippen LogP contribution in [0.2, 0.25) is 0 Å². The lowest BCUT2D eigenvalue weighted by Gasteiger charge is -2.21. The second-order valence-corrected chi connectivity index (χ2v) is 7.72. The van der Waals surface area contributed by atoms with Crippen molar-refractivity contribution in [2.45, 2.75) is 19.9 Å². The van der Waals surface area contributed by atoms with E-state index in [1.165, 1.54) is 16.8 Å². The van der Waals surface area contributed by atoms with Gasteiger partial charge in [0.1, 0.15) is 17.5 Å². The van der Waals surface area contributed by atoms with E-state index in [1.54, 1.807) is 25.3 Å². The molecule has 1 aliphatic rings. The van der Waals surface area contributed by atoms with Gasteiger partial charge in [-0.15, -0.1) is 5.10 Å². The molecule has 0 spiro atoms. The van der Waals surface area contributed by atoms with E-state index in [0.29, 0.717) is 18.1 Å². The number of aryl methyl sites for hydroxylation is 1. The van der Waals surface area contributed by atoms with Gasteiger partial charge in [-0.3, -0.25) is 4.79 Å². The number of likely N-dealkylation sites (N-methyl/N-ethyl adjacent to an activating group) is 1. The molecule has 0 unspecified atom stereocenters. The number of halogens is 1.